The molecule has 0 saturated heterocycles. The Morgan fingerprint density at radius 2 is 1.70 bits per heavy atom. The molecule has 1 rings (SSSR count). The molecule has 1 aromatic carbocycles. The van der Waals surface area contributed by atoms with E-state index in [9.17, 15) is 14.4 Å². The van der Waals surface area contributed by atoms with Crippen LogP contribution in [0.3, 0.4) is 0 Å². The Morgan fingerprint density at radius 3 is 2.22 bits per heavy atom. The van der Waals surface area contributed by atoms with Crippen molar-refractivity contribution < 1.29 is 19.1 Å². The second-order valence-electron chi connectivity index (χ2n) is 5.52. The summed E-state index contributed by atoms with van der Waals surface area (Å²) in [6.45, 7) is 3.07. The van der Waals surface area contributed by atoms with E-state index in [0.29, 0.717) is 5.56 Å². The molecule has 0 atom stereocenters. The molecule has 2 N–H and O–H groups in total. The molecule has 0 unspecified atom stereocenters. The summed E-state index contributed by atoms with van der Waals surface area (Å²) in [5.41, 5.74) is 1.32. The molecule has 7 heteroatoms. The molecule has 2 amide bonds. The minimum absolute atomic E-state index is 0.00219. The topological polar surface area (TPSA) is 87.7 Å². The van der Waals surface area contributed by atoms with Gasteiger partial charge in [-0.05, 0) is 38.1 Å². The molecule has 0 aromatic heterocycles. The summed E-state index contributed by atoms with van der Waals surface area (Å²) in [6, 6.07) is 6.83. The van der Waals surface area contributed by atoms with Gasteiger partial charge in [-0.25, -0.2) is 4.79 Å². The van der Waals surface area contributed by atoms with Gasteiger partial charge >= 0.3 is 5.97 Å². The first-order chi connectivity index (χ1) is 10.8. The highest BCUT2D eigenvalue weighted by molar-refractivity contribution is 5.92. The van der Waals surface area contributed by atoms with Gasteiger partial charge in [-0.2, -0.15) is 0 Å². The molecular weight excluding hydrogens is 298 g/mol. The third kappa shape index (κ3) is 6.82. The maximum absolute atomic E-state index is 11.8. The van der Waals surface area contributed by atoms with Crippen LogP contribution in [0.25, 0.3) is 0 Å². The van der Waals surface area contributed by atoms with E-state index in [4.69, 9.17) is 4.74 Å². The number of ether oxygens (including phenoxy) is 1. The molecule has 0 aliphatic heterocycles. The van der Waals surface area contributed by atoms with Crippen LogP contribution in [0, 0.1) is 0 Å². The van der Waals surface area contributed by atoms with E-state index in [0.717, 1.165) is 5.69 Å². The summed E-state index contributed by atoms with van der Waals surface area (Å²) in [5.74, 6) is -1.40. The van der Waals surface area contributed by atoms with Crippen molar-refractivity contribution in [1.29, 1.82) is 0 Å². The Morgan fingerprint density at radius 1 is 1.09 bits per heavy atom. The molecule has 0 fully saturated rings. The minimum atomic E-state index is -0.586. The SMILES string of the molecule is CC(C)NC(=O)CNC(=O)COC(=O)c1ccc(N(C)C)cc1. The minimum Gasteiger partial charge on any atom is -0.452 e. The molecule has 1 aromatic rings. The van der Waals surface area contributed by atoms with Crippen LogP contribution < -0.4 is 15.5 Å². The van der Waals surface area contributed by atoms with Gasteiger partial charge in [-0.15, -0.1) is 0 Å². The van der Waals surface area contributed by atoms with Crippen LogP contribution >= 0.6 is 0 Å². The Balaban J connectivity index is 2.37. The van der Waals surface area contributed by atoms with Crippen molar-refractivity contribution in [3.63, 3.8) is 0 Å². The molecule has 0 aliphatic rings. The highest BCUT2D eigenvalue weighted by Crippen LogP contribution is 2.12. The summed E-state index contributed by atoms with van der Waals surface area (Å²) in [6.07, 6.45) is 0. The molecule has 0 saturated carbocycles. The Kier molecular flexibility index (Phi) is 7.05. The summed E-state index contributed by atoms with van der Waals surface area (Å²) < 4.78 is 4.91. The van der Waals surface area contributed by atoms with E-state index >= 15 is 0 Å². The quantitative estimate of drug-likeness (QED) is 0.716. The van der Waals surface area contributed by atoms with Gasteiger partial charge in [-0.1, -0.05) is 0 Å². The summed E-state index contributed by atoms with van der Waals surface area (Å²) in [5, 5.41) is 5.02. The number of nitrogens with zero attached hydrogens (tertiary/aromatic N) is 1. The number of nitrogens with one attached hydrogen (secondary N) is 2. The fourth-order valence-electron chi connectivity index (χ4n) is 1.71. The number of benzene rings is 1. The van der Waals surface area contributed by atoms with Crippen LogP contribution in [0.1, 0.15) is 24.2 Å². The number of carbonyl (C=O) groups is 3. The fraction of sp³-hybridized carbons (Fsp3) is 0.438. The smallest absolute Gasteiger partial charge is 0.338 e. The maximum Gasteiger partial charge on any atom is 0.338 e. The van der Waals surface area contributed by atoms with E-state index in [-0.39, 0.29) is 18.5 Å². The lowest BCUT2D eigenvalue weighted by Gasteiger charge is -2.12. The van der Waals surface area contributed by atoms with Gasteiger partial charge in [0.15, 0.2) is 6.61 Å². The van der Waals surface area contributed by atoms with Crippen LogP contribution in [0.4, 0.5) is 5.69 Å². The predicted molar refractivity (Wildman–Crippen MR) is 87.3 cm³/mol. The third-order valence-corrected chi connectivity index (χ3v) is 2.85. The molecule has 0 bridgehead atoms. The molecule has 126 valence electrons. The largest absolute Gasteiger partial charge is 0.452 e. The predicted octanol–water partition coefficient (Wildman–Crippen LogP) is 0.550. The van der Waals surface area contributed by atoms with Crippen molar-refractivity contribution in [3.8, 4) is 0 Å². The highest BCUT2D eigenvalue weighted by Gasteiger charge is 2.11. The lowest BCUT2D eigenvalue weighted by Crippen LogP contribution is -2.41. The van der Waals surface area contributed by atoms with Crippen molar-refractivity contribution in [3.05, 3.63) is 29.8 Å². The fourth-order valence-corrected chi connectivity index (χ4v) is 1.71. The van der Waals surface area contributed by atoms with E-state index in [1.807, 2.05) is 32.8 Å². The molecule has 0 heterocycles. The van der Waals surface area contributed by atoms with Crippen molar-refractivity contribution in [2.75, 3.05) is 32.1 Å². The van der Waals surface area contributed by atoms with Crippen LogP contribution in [-0.2, 0) is 14.3 Å². The summed E-state index contributed by atoms with van der Waals surface area (Å²) in [4.78, 5) is 36.6. The van der Waals surface area contributed by atoms with Gasteiger partial charge in [0, 0.05) is 25.8 Å². The van der Waals surface area contributed by atoms with Crippen molar-refractivity contribution in [2.24, 2.45) is 0 Å². The number of carbonyl (C=O) groups excluding carboxylic acids is 3. The van der Waals surface area contributed by atoms with E-state index in [2.05, 4.69) is 10.6 Å². The van der Waals surface area contributed by atoms with Gasteiger partial charge in [0.2, 0.25) is 5.91 Å². The molecule has 7 nitrogen and oxygen atoms in total. The zero-order valence-electron chi connectivity index (χ0n) is 13.9. The number of hydrogen-bond donors (Lipinski definition) is 2. The normalized spacial score (nSPS) is 10.1. The van der Waals surface area contributed by atoms with E-state index in [1.165, 1.54) is 0 Å². The summed E-state index contributed by atoms with van der Waals surface area (Å²) in [7, 11) is 3.79. The lowest BCUT2D eigenvalue weighted by molar-refractivity contribution is -0.128. The van der Waals surface area contributed by atoms with Crippen molar-refractivity contribution in [1.82, 2.24) is 10.6 Å². The van der Waals surface area contributed by atoms with Crippen molar-refractivity contribution in [2.45, 2.75) is 19.9 Å². The van der Waals surface area contributed by atoms with E-state index in [1.54, 1.807) is 24.3 Å². The zero-order chi connectivity index (χ0) is 17.4. The number of rotatable bonds is 7. The highest BCUT2D eigenvalue weighted by atomic mass is 16.5. The van der Waals surface area contributed by atoms with Crippen LogP contribution in [-0.4, -0.2) is 51.1 Å². The Labute approximate surface area is 136 Å². The van der Waals surface area contributed by atoms with Crippen molar-refractivity contribution >= 4 is 23.5 Å². The van der Waals surface area contributed by atoms with Gasteiger partial charge in [0.25, 0.3) is 5.91 Å². The Bertz CT molecular complexity index is 553. The van der Waals surface area contributed by atoms with Crippen LogP contribution in [0.2, 0.25) is 0 Å². The molecule has 23 heavy (non-hydrogen) atoms. The standard InChI is InChI=1S/C16H23N3O4/c1-11(2)18-14(20)9-17-15(21)10-23-16(22)12-5-7-13(8-6-12)19(3)4/h5-8,11H,9-10H2,1-4H3,(H,17,21)(H,18,20). The second kappa shape index (κ2) is 8.77. The van der Waals surface area contributed by atoms with E-state index < -0.39 is 18.5 Å². The van der Waals surface area contributed by atoms with Gasteiger partial charge in [-0.3, -0.25) is 9.59 Å². The number of hydrogen-bond acceptors (Lipinski definition) is 5. The average Bonchev–Trinajstić information content (AvgIpc) is 2.50. The number of esters is 1. The molecule has 0 spiro atoms. The average molecular weight is 321 g/mol. The first kappa shape index (κ1) is 18.5. The second-order valence-corrected chi connectivity index (χ2v) is 5.52. The first-order valence-electron chi connectivity index (χ1n) is 7.30. The van der Waals surface area contributed by atoms with Gasteiger partial charge in [0.1, 0.15) is 0 Å². The van der Waals surface area contributed by atoms with Gasteiger partial charge in [0.05, 0.1) is 12.1 Å². The molecular formula is C16H23N3O4. The first-order valence-corrected chi connectivity index (χ1v) is 7.30. The van der Waals surface area contributed by atoms with Crippen LogP contribution in [0.5, 0.6) is 0 Å². The van der Waals surface area contributed by atoms with Crippen LogP contribution in [0.15, 0.2) is 24.3 Å². The summed E-state index contributed by atoms with van der Waals surface area (Å²) >= 11 is 0. The monoisotopic (exact) mass is 321 g/mol. The van der Waals surface area contributed by atoms with Gasteiger partial charge < -0.3 is 20.3 Å². The maximum atomic E-state index is 11.8. The Hall–Kier alpha value is -2.57. The number of anilines is 1. The molecule has 0 aliphatic carbocycles. The number of amides is 2. The lowest BCUT2D eigenvalue weighted by atomic mass is 10.2. The zero-order valence-corrected chi connectivity index (χ0v) is 13.9. The third-order valence-electron chi connectivity index (χ3n) is 2.85. The molecule has 0 radical (unpaired) electrons.